The van der Waals surface area contributed by atoms with Crippen LogP contribution in [0.1, 0.15) is 12.7 Å². The molecule has 0 aromatic carbocycles. The maximum atomic E-state index is 11.1. The molecule has 0 fully saturated rings. The fourth-order valence-electron chi connectivity index (χ4n) is 0.711. The first-order valence-electron chi connectivity index (χ1n) is 3.61. The van der Waals surface area contributed by atoms with Gasteiger partial charge < -0.3 is 5.73 Å². The fraction of sp³-hybridized carbons (Fsp3) is 0.667. The molecule has 1 aromatic heterocycles. The molecule has 1 unspecified atom stereocenters. The standard InChI is InChI=1S/C6H11N5O/c1-4(7)5(12)3-6-8-10-11(2)9-6/h4H,3,7H2,1-2H3. The number of aromatic nitrogens is 4. The van der Waals surface area contributed by atoms with E-state index in [1.165, 1.54) is 4.80 Å². The van der Waals surface area contributed by atoms with Gasteiger partial charge in [-0.3, -0.25) is 4.79 Å². The molecule has 1 rings (SSSR count). The lowest BCUT2D eigenvalue weighted by Crippen LogP contribution is -2.28. The van der Waals surface area contributed by atoms with Gasteiger partial charge in [0, 0.05) is 0 Å². The Kier molecular flexibility index (Phi) is 2.49. The van der Waals surface area contributed by atoms with Crippen LogP contribution in [0.25, 0.3) is 0 Å². The molecule has 0 aliphatic carbocycles. The summed E-state index contributed by atoms with van der Waals surface area (Å²) in [5, 5.41) is 11.1. The van der Waals surface area contributed by atoms with Gasteiger partial charge in [-0.05, 0) is 12.1 Å². The Hall–Kier alpha value is -1.30. The van der Waals surface area contributed by atoms with Crippen molar-refractivity contribution in [2.75, 3.05) is 0 Å². The van der Waals surface area contributed by atoms with E-state index in [1.54, 1.807) is 14.0 Å². The third-order valence-corrected chi connectivity index (χ3v) is 1.39. The van der Waals surface area contributed by atoms with Crippen LogP contribution < -0.4 is 5.73 Å². The zero-order valence-electron chi connectivity index (χ0n) is 7.06. The summed E-state index contributed by atoms with van der Waals surface area (Å²) in [6.45, 7) is 1.64. The van der Waals surface area contributed by atoms with Gasteiger partial charge in [-0.2, -0.15) is 4.80 Å². The molecule has 6 heteroatoms. The van der Waals surface area contributed by atoms with E-state index in [0.717, 1.165) is 0 Å². The highest BCUT2D eigenvalue weighted by Crippen LogP contribution is 1.91. The van der Waals surface area contributed by atoms with Gasteiger partial charge in [0.05, 0.1) is 19.5 Å². The average Bonchev–Trinajstić information content (AvgIpc) is 2.35. The maximum absolute atomic E-state index is 11.1. The highest BCUT2D eigenvalue weighted by molar-refractivity contribution is 5.84. The second-order valence-corrected chi connectivity index (χ2v) is 2.63. The van der Waals surface area contributed by atoms with Crippen LogP contribution in [-0.4, -0.2) is 32.0 Å². The molecule has 0 saturated heterocycles. The van der Waals surface area contributed by atoms with E-state index < -0.39 is 6.04 Å². The summed E-state index contributed by atoms with van der Waals surface area (Å²) in [6.07, 6.45) is 0.158. The minimum atomic E-state index is -0.464. The molecule has 0 bridgehead atoms. The predicted octanol–water partition coefficient (Wildman–Crippen LogP) is -1.33. The first kappa shape index (κ1) is 8.79. The molecule has 6 nitrogen and oxygen atoms in total. The number of carbonyl (C=O) groups excluding carboxylic acids is 1. The van der Waals surface area contributed by atoms with Gasteiger partial charge in [0.25, 0.3) is 0 Å². The lowest BCUT2D eigenvalue weighted by molar-refractivity contribution is -0.119. The number of rotatable bonds is 3. The van der Waals surface area contributed by atoms with E-state index in [0.29, 0.717) is 5.82 Å². The molecule has 0 radical (unpaired) electrons. The molecule has 1 atom stereocenters. The summed E-state index contributed by atoms with van der Waals surface area (Å²) in [6, 6.07) is -0.464. The van der Waals surface area contributed by atoms with Crippen LogP contribution in [0.2, 0.25) is 0 Å². The first-order valence-corrected chi connectivity index (χ1v) is 3.61. The summed E-state index contributed by atoms with van der Waals surface area (Å²) in [4.78, 5) is 12.4. The zero-order chi connectivity index (χ0) is 9.14. The molecular weight excluding hydrogens is 158 g/mol. The lowest BCUT2D eigenvalue weighted by Gasteiger charge is -1.98. The Bertz CT molecular complexity index is 279. The minimum Gasteiger partial charge on any atom is -0.322 e. The van der Waals surface area contributed by atoms with Crippen molar-refractivity contribution in [3.05, 3.63) is 5.82 Å². The molecule has 12 heavy (non-hydrogen) atoms. The van der Waals surface area contributed by atoms with E-state index in [2.05, 4.69) is 15.4 Å². The van der Waals surface area contributed by atoms with E-state index in [9.17, 15) is 4.79 Å². The van der Waals surface area contributed by atoms with Gasteiger partial charge in [0.1, 0.15) is 0 Å². The van der Waals surface area contributed by atoms with Crippen LogP contribution in [0, 0.1) is 0 Å². The number of ketones is 1. The van der Waals surface area contributed by atoms with Gasteiger partial charge in [0.15, 0.2) is 11.6 Å². The molecule has 0 aliphatic rings. The Balaban J connectivity index is 2.58. The number of aryl methyl sites for hydroxylation is 1. The molecule has 0 amide bonds. The molecule has 1 aromatic rings. The molecule has 1 heterocycles. The van der Waals surface area contributed by atoms with Crippen molar-refractivity contribution < 1.29 is 4.79 Å². The largest absolute Gasteiger partial charge is 0.322 e. The molecule has 0 spiro atoms. The Labute approximate surface area is 69.7 Å². The number of carbonyl (C=O) groups is 1. The highest BCUT2D eigenvalue weighted by Gasteiger charge is 2.11. The highest BCUT2D eigenvalue weighted by atomic mass is 16.1. The summed E-state index contributed by atoms with van der Waals surface area (Å²) in [7, 11) is 1.65. The number of Topliss-reactive ketones (excluding diaryl/α,β-unsaturated/α-hetero) is 1. The van der Waals surface area contributed by atoms with Gasteiger partial charge in [-0.25, -0.2) is 0 Å². The SMILES string of the molecule is CC(N)C(=O)Cc1nnn(C)n1. The third kappa shape index (κ3) is 2.09. The Morgan fingerprint density at radius 3 is 2.83 bits per heavy atom. The van der Waals surface area contributed by atoms with Crippen molar-refractivity contribution in [1.82, 2.24) is 20.2 Å². The van der Waals surface area contributed by atoms with E-state index in [1.807, 2.05) is 0 Å². The van der Waals surface area contributed by atoms with Crippen molar-refractivity contribution in [1.29, 1.82) is 0 Å². The number of hydrogen-bond acceptors (Lipinski definition) is 5. The number of nitrogens with two attached hydrogens (primary N) is 1. The summed E-state index contributed by atoms with van der Waals surface area (Å²) < 4.78 is 0. The quantitative estimate of drug-likeness (QED) is 0.605. The van der Waals surface area contributed by atoms with Crippen molar-refractivity contribution in [3.8, 4) is 0 Å². The third-order valence-electron chi connectivity index (χ3n) is 1.39. The second-order valence-electron chi connectivity index (χ2n) is 2.63. The molecule has 2 N–H and O–H groups in total. The average molecular weight is 169 g/mol. The molecule has 66 valence electrons. The van der Waals surface area contributed by atoms with Crippen LogP contribution in [-0.2, 0) is 18.3 Å². The maximum Gasteiger partial charge on any atom is 0.182 e. The normalized spacial score (nSPS) is 12.9. The second kappa shape index (κ2) is 3.40. The van der Waals surface area contributed by atoms with Crippen molar-refractivity contribution in [2.45, 2.75) is 19.4 Å². The van der Waals surface area contributed by atoms with Crippen LogP contribution in [0.5, 0.6) is 0 Å². The lowest BCUT2D eigenvalue weighted by atomic mass is 10.2. The van der Waals surface area contributed by atoms with E-state index >= 15 is 0 Å². The first-order chi connectivity index (χ1) is 5.59. The smallest absolute Gasteiger partial charge is 0.182 e. The topological polar surface area (TPSA) is 86.7 Å². The minimum absolute atomic E-state index is 0.0806. The van der Waals surface area contributed by atoms with Gasteiger partial charge in [0.2, 0.25) is 0 Å². The fourth-order valence-corrected chi connectivity index (χ4v) is 0.711. The summed E-state index contributed by atoms with van der Waals surface area (Å²) >= 11 is 0. The van der Waals surface area contributed by atoms with Gasteiger partial charge in [-0.1, -0.05) is 0 Å². The Morgan fingerprint density at radius 1 is 1.75 bits per heavy atom. The molecule has 0 aliphatic heterocycles. The van der Waals surface area contributed by atoms with Crippen LogP contribution in [0.3, 0.4) is 0 Å². The van der Waals surface area contributed by atoms with E-state index in [4.69, 9.17) is 5.73 Å². The van der Waals surface area contributed by atoms with Crippen molar-refractivity contribution in [2.24, 2.45) is 12.8 Å². The number of hydrogen-bond donors (Lipinski definition) is 1. The summed E-state index contributed by atoms with van der Waals surface area (Å²) in [5.74, 6) is 0.336. The van der Waals surface area contributed by atoms with Gasteiger partial charge >= 0.3 is 0 Å². The van der Waals surface area contributed by atoms with Crippen LogP contribution in [0.15, 0.2) is 0 Å². The van der Waals surface area contributed by atoms with Crippen LogP contribution >= 0.6 is 0 Å². The number of tetrazole rings is 1. The van der Waals surface area contributed by atoms with E-state index in [-0.39, 0.29) is 12.2 Å². The zero-order valence-corrected chi connectivity index (χ0v) is 7.06. The van der Waals surface area contributed by atoms with Crippen LogP contribution in [0.4, 0.5) is 0 Å². The predicted molar refractivity (Wildman–Crippen MR) is 41.2 cm³/mol. The van der Waals surface area contributed by atoms with Crippen molar-refractivity contribution in [3.63, 3.8) is 0 Å². The molecule has 0 saturated carbocycles. The monoisotopic (exact) mass is 169 g/mol. The summed E-state index contributed by atoms with van der Waals surface area (Å²) in [5.41, 5.74) is 5.36. The number of nitrogens with zero attached hydrogens (tertiary/aromatic N) is 4. The Morgan fingerprint density at radius 2 is 2.42 bits per heavy atom. The molecular formula is C6H11N5O. The van der Waals surface area contributed by atoms with Crippen molar-refractivity contribution >= 4 is 5.78 Å². The van der Waals surface area contributed by atoms with Gasteiger partial charge in [-0.15, -0.1) is 10.2 Å².